The lowest BCUT2D eigenvalue weighted by Crippen LogP contribution is -2.18. The Labute approximate surface area is 88.2 Å². The SMILES string of the molecule is CCON[C@@H](C)c1ccc([N+](=O)[O-])cc1. The molecule has 0 unspecified atom stereocenters. The van der Waals surface area contributed by atoms with E-state index in [2.05, 4.69) is 5.48 Å². The van der Waals surface area contributed by atoms with Crippen LogP contribution >= 0.6 is 0 Å². The minimum Gasteiger partial charge on any atom is -0.302 e. The van der Waals surface area contributed by atoms with Crippen molar-refractivity contribution in [3.63, 3.8) is 0 Å². The lowest BCUT2D eigenvalue weighted by atomic mass is 10.1. The Morgan fingerprint density at radius 3 is 2.53 bits per heavy atom. The van der Waals surface area contributed by atoms with Crippen molar-refractivity contribution in [2.24, 2.45) is 0 Å². The van der Waals surface area contributed by atoms with Gasteiger partial charge in [0.05, 0.1) is 17.6 Å². The monoisotopic (exact) mass is 210 g/mol. The number of hydrogen-bond acceptors (Lipinski definition) is 4. The predicted octanol–water partition coefficient (Wildman–Crippen LogP) is 2.20. The molecule has 1 aromatic rings. The van der Waals surface area contributed by atoms with E-state index in [4.69, 9.17) is 4.84 Å². The van der Waals surface area contributed by atoms with Crippen LogP contribution in [0.1, 0.15) is 25.5 Å². The third-order valence-electron chi connectivity index (χ3n) is 2.01. The Morgan fingerprint density at radius 1 is 1.47 bits per heavy atom. The summed E-state index contributed by atoms with van der Waals surface area (Å²) in [7, 11) is 0. The number of hydroxylamine groups is 1. The van der Waals surface area contributed by atoms with Gasteiger partial charge in [-0.3, -0.25) is 10.1 Å². The second-order valence-electron chi connectivity index (χ2n) is 3.12. The van der Waals surface area contributed by atoms with E-state index in [-0.39, 0.29) is 11.7 Å². The molecular weight excluding hydrogens is 196 g/mol. The van der Waals surface area contributed by atoms with Gasteiger partial charge in [-0.2, -0.15) is 5.48 Å². The molecule has 15 heavy (non-hydrogen) atoms. The lowest BCUT2D eigenvalue weighted by molar-refractivity contribution is -0.384. The van der Waals surface area contributed by atoms with Crippen LogP contribution < -0.4 is 5.48 Å². The first-order valence-corrected chi connectivity index (χ1v) is 4.76. The van der Waals surface area contributed by atoms with E-state index < -0.39 is 4.92 Å². The molecule has 0 saturated carbocycles. The van der Waals surface area contributed by atoms with Crippen molar-refractivity contribution in [2.45, 2.75) is 19.9 Å². The number of nitro groups is 1. The normalized spacial score (nSPS) is 12.4. The van der Waals surface area contributed by atoms with E-state index in [0.717, 1.165) is 5.56 Å². The van der Waals surface area contributed by atoms with E-state index in [1.54, 1.807) is 12.1 Å². The smallest absolute Gasteiger partial charge is 0.269 e. The highest BCUT2D eigenvalue weighted by Crippen LogP contribution is 2.17. The largest absolute Gasteiger partial charge is 0.302 e. The number of nitrogens with one attached hydrogen (secondary N) is 1. The Hall–Kier alpha value is -1.46. The maximum atomic E-state index is 10.4. The molecule has 0 fully saturated rings. The zero-order chi connectivity index (χ0) is 11.3. The summed E-state index contributed by atoms with van der Waals surface area (Å²) in [6, 6.07) is 6.42. The summed E-state index contributed by atoms with van der Waals surface area (Å²) in [4.78, 5) is 15.1. The average molecular weight is 210 g/mol. The van der Waals surface area contributed by atoms with E-state index in [1.807, 2.05) is 13.8 Å². The molecule has 0 heterocycles. The van der Waals surface area contributed by atoms with E-state index in [1.165, 1.54) is 12.1 Å². The van der Waals surface area contributed by atoms with Gasteiger partial charge in [-0.05, 0) is 19.4 Å². The quantitative estimate of drug-likeness (QED) is 0.597. The molecule has 82 valence electrons. The van der Waals surface area contributed by atoms with E-state index >= 15 is 0 Å². The highest BCUT2D eigenvalue weighted by atomic mass is 16.6. The van der Waals surface area contributed by atoms with Gasteiger partial charge in [0.1, 0.15) is 0 Å². The summed E-state index contributed by atoms with van der Waals surface area (Å²) in [6.07, 6.45) is 0. The van der Waals surface area contributed by atoms with Crippen molar-refractivity contribution in [3.05, 3.63) is 39.9 Å². The van der Waals surface area contributed by atoms with Crippen LogP contribution in [0, 0.1) is 10.1 Å². The van der Waals surface area contributed by atoms with Crippen LogP contribution in [0.25, 0.3) is 0 Å². The molecule has 5 heteroatoms. The summed E-state index contributed by atoms with van der Waals surface area (Å²) < 4.78 is 0. The van der Waals surface area contributed by atoms with E-state index in [0.29, 0.717) is 6.61 Å². The second kappa shape index (κ2) is 5.43. The van der Waals surface area contributed by atoms with Crippen molar-refractivity contribution in [1.82, 2.24) is 5.48 Å². The van der Waals surface area contributed by atoms with Gasteiger partial charge in [-0.15, -0.1) is 0 Å². The molecule has 0 aliphatic heterocycles. The molecular formula is C10H14N2O3. The fraction of sp³-hybridized carbons (Fsp3) is 0.400. The highest BCUT2D eigenvalue weighted by molar-refractivity contribution is 5.33. The third-order valence-corrected chi connectivity index (χ3v) is 2.01. The number of nitrogens with zero attached hydrogens (tertiary/aromatic N) is 1. The number of hydrogen-bond donors (Lipinski definition) is 1. The Morgan fingerprint density at radius 2 is 2.07 bits per heavy atom. The minimum atomic E-state index is -0.412. The maximum absolute atomic E-state index is 10.4. The van der Waals surface area contributed by atoms with Crippen LogP contribution in [0.3, 0.4) is 0 Å². The molecule has 1 atom stereocenters. The maximum Gasteiger partial charge on any atom is 0.269 e. The van der Waals surface area contributed by atoms with E-state index in [9.17, 15) is 10.1 Å². The van der Waals surface area contributed by atoms with Gasteiger partial charge in [0.15, 0.2) is 0 Å². The zero-order valence-corrected chi connectivity index (χ0v) is 8.77. The van der Waals surface area contributed by atoms with Crippen molar-refractivity contribution >= 4 is 5.69 Å². The molecule has 0 amide bonds. The molecule has 0 saturated heterocycles. The number of benzene rings is 1. The standard InChI is InChI=1S/C10H14N2O3/c1-3-15-11-8(2)9-4-6-10(7-5-9)12(13)14/h4-8,11H,3H2,1-2H3/t8-/m0/s1. The van der Waals surface area contributed by atoms with Gasteiger partial charge < -0.3 is 4.84 Å². The predicted molar refractivity (Wildman–Crippen MR) is 56.3 cm³/mol. The molecule has 0 aliphatic carbocycles. The topological polar surface area (TPSA) is 64.4 Å². The van der Waals surface area contributed by atoms with Crippen molar-refractivity contribution in [1.29, 1.82) is 0 Å². The lowest BCUT2D eigenvalue weighted by Gasteiger charge is -2.12. The fourth-order valence-corrected chi connectivity index (χ4v) is 1.16. The van der Waals surface area contributed by atoms with Crippen LogP contribution in [0.5, 0.6) is 0 Å². The van der Waals surface area contributed by atoms with Crippen LogP contribution in [0.2, 0.25) is 0 Å². The van der Waals surface area contributed by atoms with Crippen LogP contribution in [-0.4, -0.2) is 11.5 Å². The molecule has 0 spiro atoms. The number of non-ortho nitro benzene ring substituents is 1. The van der Waals surface area contributed by atoms with Crippen LogP contribution in [-0.2, 0) is 4.84 Å². The van der Waals surface area contributed by atoms with Crippen molar-refractivity contribution < 1.29 is 9.76 Å². The van der Waals surface area contributed by atoms with Crippen LogP contribution in [0.15, 0.2) is 24.3 Å². The van der Waals surface area contributed by atoms with Gasteiger partial charge in [0, 0.05) is 12.1 Å². The van der Waals surface area contributed by atoms with Gasteiger partial charge in [-0.25, -0.2) is 0 Å². The Balaban J connectivity index is 2.66. The molecule has 0 aliphatic rings. The fourth-order valence-electron chi connectivity index (χ4n) is 1.16. The Bertz CT molecular complexity index is 324. The van der Waals surface area contributed by atoms with Gasteiger partial charge in [0.25, 0.3) is 5.69 Å². The summed E-state index contributed by atoms with van der Waals surface area (Å²) >= 11 is 0. The summed E-state index contributed by atoms with van der Waals surface area (Å²) in [5.74, 6) is 0. The van der Waals surface area contributed by atoms with Gasteiger partial charge >= 0.3 is 0 Å². The zero-order valence-electron chi connectivity index (χ0n) is 8.77. The number of rotatable bonds is 5. The summed E-state index contributed by atoms with van der Waals surface area (Å²) in [5, 5.41) is 10.4. The van der Waals surface area contributed by atoms with Gasteiger partial charge in [-0.1, -0.05) is 12.1 Å². The molecule has 1 aromatic carbocycles. The first kappa shape index (κ1) is 11.6. The summed E-state index contributed by atoms with van der Waals surface area (Å²) in [5.41, 5.74) is 3.88. The first-order chi connectivity index (χ1) is 7.15. The number of nitro benzene ring substituents is 1. The minimum absolute atomic E-state index is 0.0192. The molecule has 0 aromatic heterocycles. The second-order valence-corrected chi connectivity index (χ2v) is 3.12. The van der Waals surface area contributed by atoms with Crippen molar-refractivity contribution in [3.8, 4) is 0 Å². The first-order valence-electron chi connectivity index (χ1n) is 4.76. The molecule has 5 nitrogen and oxygen atoms in total. The third kappa shape index (κ3) is 3.30. The van der Waals surface area contributed by atoms with Crippen LogP contribution in [0.4, 0.5) is 5.69 Å². The average Bonchev–Trinajstić information content (AvgIpc) is 2.26. The molecule has 1 rings (SSSR count). The summed E-state index contributed by atoms with van der Waals surface area (Å²) in [6.45, 7) is 4.39. The Kier molecular flexibility index (Phi) is 4.20. The molecule has 0 bridgehead atoms. The van der Waals surface area contributed by atoms with Crippen molar-refractivity contribution in [2.75, 3.05) is 6.61 Å². The molecule has 1 N–H and O–H groups in total. The highest BCUT2D eigenvalue weighted by Gasteiger charge is 2.08. The molecule has 0 radical (unpaired) electrons. The van der Waals surface area contributed by atoms with Gasteiger partial charge in [0.2, 0.25) is 0 Å².